The van der Waals surface area contributed by atoms with E-state index in [-0.39, 0.29) is 11.5 Å². The summed E-state index contributed by atoms with van der Waals surface area (Å²) < 4.78 is 8.28. The first-order valence-electron chi connectivity index (χ1n) is 11.5. The number of piperazine rings is 1. The van der Waals surface area contributed by atoms with Gasteiger partial charge in [0, 0.05) is 71.7 Å². The van der Waals surface area contributed by atoms with E-state index >= 15 is 0 Å². The largest absolute Gasteiger partial charge is 0.375 e. The van der Waals surface area contributed by atoms with Crippen LogP contribution in [0.25, 0.3) is 0 Å². The number of piperidine rings is 1. The Balaban J connectivity index is 1.30. The minimum atomic E-state index is -0.0248. The average molecular weight is 403 g/mol. The molecular formula is C23H38N4O2. The van der Waals surface area contributed by atoms with Crippen LogP contribution < -0.4 is 0 Å². The third-order valence-electron chi connectivity index (χ3n) is 7.14. The first kappa shape index (κ1) is 20.9. The molecule has 0 radical (unpaired) electrons. The second kappa shape index (κ2) is 8.78. The summed E-state index contributed by atoms with van der Waals surface area (Å²) in [6.07, 6.45) is 6.15. The van der Waals surface area contributed by atoms with E-state index in [2.05, 4.69) is 23.6 Å². The van der Waals surface area contributed by atoms with E-state index < -0.39 is 0 Å². The van der Waals surface area contributed by atoms with Crippen LogP contribution in [0.5, 0.6) is 0 Å². The summed E-state index contributed by atoms with van der Waals surface area (Å²) in [7, 11) is 1.94. The molecule has 0 aliphatic carbocycles. The summed E-state index contributed by atoms with van der Waals surface area (Å²) in [5.41, 5.74) is 0.755. The van der Waals surface area contributed by atoms with Gasteiger partial charge in [-0.1, -0.05) is 13.8 Å². The second-order valence-corrected chi connectivity index (χ2v) is 9.71. The molecule has 3 aliphatic heterocycles. The molecule has 0 N–H and O–H groups in total. The fourth-order valence-corrected chi connectivity index (χ4v) is 5.45. The maximum Gasteiger partial charge on any atom is 0.270 e. The zero-order valence-corrected chi connectivity index (χ0v) is 18.5. The average Bonchev–Trinajstić information content (AvgIpc) is 3.14. The number of ether oxygens (including phenoxy) is 1. The molecule has 6 nitrogen and oxygen atoms in total. The number of aryl methyl sites for hydroxylation is 1. The highest BCUT2D eigenvalue weighted by molar-refractivity contribution is 5.92. The number of amides is 1. The molecule has 1 atom stereocenters. The third kappa shape index (κ3) is 4.70. The van der Waals surface area contributed by atoms with E-state index in [1.165, 1.54) is 32.7 Å². The molecular weight excluding hydrogens is 364 g/mol. The van der Waals surface area contributed by atoms with Crippen LogP contribution in [0, 0.1) is 5.92 Å². The Kier molecular flexibility index (Phi) is 6.32. The van der Waals surface area contributed by atoms with Crippen molar-refractivity contribution in [2.75, 3.05) is 52.4 Å². The lowest BCUT2D eigenvalue weighted by Gasteiger charge is -2.49. The molecule has 4 heterocycles. The summed E-state index contributed by atoms with van der Waals surface area (Å²) in [4.78, 5) is 20.2. The summed E-state index contributed by atoms with van der Waals surface area (Å²) in [5.74, 6) is 0.900. The van der Waals surface area contributed by atoms with Crippen molar-refractivity contribution in [1.29, 1.82) is 0 Å². The molecule has 0 aromatic carbocycles. The number of nitrogens with zero attached hydrogens (tertiary/aromatic N) is 4. The maximum atomic E-state index is 12.8. The Morgan fingerprint density at radius 1 is 1.17 bits per heavy atom. The monoisotopic (exact) mass is 402 g/mol. The molecule has 3 fully saturated rings. The number of carbonyl (C=O) groups is 1. The first-order chi connectivity index (χ1) is 14.0. The van der Waals surface area contributed by atoms with Crippen LogP contribution in [-0.2, 0) is 11.8 Å². The van der Waals surface area contributed by atoms with Crippen molar-refractivity contribution in [2.45, 2.75) is 51.2 Å². The van der Waals surface area contributed by atoms with Gasteiger partial charge >= 0.3 is 0 Å². The van der Waals surface area contributed by atoms with Gasteiger partial charge in [-0.25, -0.2) is 0 Å². The molecule has 1 aromatic heterocycles. The second-order valence-electron chi connectivity index (χ2n) is 9.71. The Labute approximate surface area is 175 Å². The van der Waals surface area contributed by atoms with Gasteiger partial charge in [-0.05, 0) is 43.7 Å². The van der Waals surface area contributed by atoms with Crippen LogP contribution >= 0.6 is 0 Å². The van der Waals surface area contributed by atoms with Gasteiger partial charge in [0.15, 0.2) is 0 Å². The van der Waals surface area contributed by atoms with Gasteiger partial charge in [-0.2, -0.15) is 0 Å². The zero-order chi connectivity index (χ0) is 20.4. The van der Waals surface area contributed by atoms with Crippen molar-refractivity contribution in [2.24, 2.45) is 13.0 Å². The summed E-state index contributed by atoms with van der Waals surface area (Å²) in [5, 5.41) is 0. The lowest BCUT2D eigenvalue weighted by atomic mass is 9.81. The number of hydrogen-bond donors (Lipinski definition) is 0. The summed E-state index contributed by atoms with van der Waals surface area (Å²) >= 11 is 0. The van der Waals surface area contributed by atoms with Gasteiger partial charge in [0.25, 0.3) is 5.91 Å². The number of carbonyl (C=O) groups excluding carboxylic acids is 1. The highest BCUT2D eigenvalue weighted by atomic mass is 16.5. The van der Waals surface area contributed by atoms with Gasteiger partial charge in [0.05, 0.1) is 5.60 Å². The van der Waals surface area contributed by atoms with Crippen LogP contribution in [0.1, 0.15) is 50.0 Å². The van der Waals surface area contributed by atoms with E-state index in [1.54, 1.807) is 0 Å². The van der Waals surface area contributed by atoms with Crippen molar-refractivity contribution in [1.82, 2.24) is 19.3 Å². The Morgan fingerprint density at radius 3 is 2.52 bits per heavy atom. The summed E-state index contributed by atoms with van der Waals surface area (Å²) in [6, 6.07) is 4.49. The Hall–Kier alpha value is -1.37. The highest BCUT2D eigenvalue weighted by Crippen LogP contribution is 2.37. The predicted molar refractivity (Wildman–Crippen MR) is 115 cm³/mol. The zero-order valence-electron chi connectivity index (χ0n) is 18.5. The topological polar surface area (TPSA) is 41.0 Å². The van der Waals surface area contributed by atoms with Crippen LogP contribution in [0.4, 0.5) is 0 Å². The maximum absolute atomic E-state index is 12.8. The number of hydrogen-bond acceptors (Lipinski definition) is 4. The van der Waals surface area contributed by atoms with Gasteiger partial charge in [0.2, 0.25) is 0 Å². The molecule has 4 rings (SSSR count). The van der Waals surface area contributed by atoms with Crippen molar-refractivity contribution >= 4 is 5.91 Å². The predicted octanol–water partition coefficient (Wildman–Crippen LogP) is 2.45. The van der Waals surface area contributed by atoms with Gasteiger partial charge < -0.3 is 19.1 Å². The van der Waals surface area contributed by atoms with Crippen LogP contribution in [0.3, 0.4) is 0 Å². The number of likely N-dealkylation sites (tertiary alicyclic amines) is 1. The molecule has 1 spiro atoms. The van der Waals surface area contributed by atoms with Crippen LogP contribution in [0.15, 0.2) is 18.3 Å². The summed E-state index contributed by atoms with van der Waals surface area (Å²) in [6.45, 7) is 13.1. The van der Waals surface area contributed by atoms with E-state index in [4.69, 9.17) is 4.74 Å². The Bertz CT molecular complexity index is 685. The van der Waals surface area contributed by atoms with Gasteiger partial charge in [0.1, 0.15) is 5.69 Å². The quantitative estimate of drug-likeness (QED) is 0.776. The van der Waals surface area contributed by atoms with Crippen LogP contribution in [0.2, 0.25) is 0 Å². The molecule has 6 heteroatoms. The smallest absolute Gasteiger partial charge is 0.270 e. The molecule has 1 aromatic rings. The van der Waals surface area contributed by atoms with Gasteiger partial charge in [-0.15, -0.1) is 0 Å². The molecule has 1 unspecified atom stereocenters. The Morgan fingerprint density at radius 2 is 1.90 bits per heavy atom. The lowest BCUT2D eigenvalue weighted by Crippen LogP contribution is -2.57. The minimum Gasteiger partial charge on any atom is -0.375 e. The standard InChI is InChI=1S/C23H38N4O2/c1-19(2)18-25-12-14-26(15-13-25)20-6-16-29-23(17-20)7-10-27(11-8-23)22(28)21-5-4-9-24(21)3/h4-5,9,19-20H,6-8,10-18H2,1-3H3. The molecule has 0 saturated carbocycles. The van der Waals surface area contributed by atoms with E-state index in [0.29, 0.717) is 6.04 Å². The van der Waals surface area contributed by atoms with Crippen molar-refractivity contribution in [3.63, 3.8) is 0 Å². The normalized spacial score (nSPS) is 26.3. The third-order valence-corrected chi connectivity index (χ3v) is 7.14. The number of rotatable bonds is 4. The van der Waals surface area contributed by atoms with E-state index in [0.717, 1.165) is 57.0 Å². The van der Waals surface area contributed by atoms with Crippen molar-refractivity contribution in [3.05, 3.63) is 24.0 Å². The SMILES string of the molecule is CC(C)CN1CCN(C2CCOC3(CCN(C(=O)c4cccn4C)CC3)C2)CC1. The fraction of sp³-hybridized carbons (Fsp3) is 0.783. The highest BCUT2D eigenvalue weighted by Gasteiger charge is 2.43. The molecule has 0 bridgehead atoms. The molecule has 162 valence electrons. The molecule has 3 aliphatic rings. The number of aromatic nitrogens is 1. The molecule has 29 heavy (non-hydrogen) atoms. The van der Waals surface area contributed by atoms with Gasteiger partial charge in [-0.3, -0.25) is 9.69 Å². The van der Waals surface area contributed by atoms with E-state index in [1.807, 2.05) is 34.8 Å². The molecule has 1 amide bonds. The first-order valence-corrected chi connectivity index (χ1v) is 11.5. The van der Waals surface area contributed by atoms with E-state index in [9.17, 15) is 4.79 Å². The molecule has 3 saturated heterocycles. The lowest BCUT2D eigenvalue weighted by molar-refractivity contribution is -0.132. The fourth-order valence-electron chi connectivity index (χ4n) is 5.45. The van der Waals surface area contributed by atoms with Crippen LogP contribution in [-0.4, -0.2) is 89.2 Å². The van der Waals surface area contributed by atoms with Crippen molar-refractivity contribution < 1.29 is 9.53 Å². The van der Waals surface area contributed by atoms with Crippen molar-refractivity contribution in [3.8, 4) is 0 Å². The minimum absolute atomic E-state index is 0.0248.